The molecule has 1 aromatic carbocycles. The fourth-order valence-corrected chi connectivity index (χ4v) is 3.53. The summed E-state index contributed by atoms with van der Waals surface area (Å²) in [4.78, 5) is 28.7. The molecule has 7 nitrogen and oxygen atoms in total. The lowest BCUT2D eigenvalue weighted by molar-refractivity contribution is -0.153. The van der Waals surface area contributed by atoms with Crippen molar-refractivity contribution >= 4 is 17.6 Å². The van der Waals surface area contributed by atoms with E-state index in [-0.39, 0.29) is 12.5 Å². The van der Waals surface area contributed by atoms with E-state index in [9.17, 15) is 9.59 Å². The number of benzene rings is 1. The molecule has 0 aliphatic carbocycles. The minimum absolute atomic E-state index is 0.124. The summed E-state index contributed by atoms with van der Waals surface area (Å²) in [6.45, 7) is 4.16. The number of aromatic nitrogens is 1. The molecule has 1 amide bonds. The van der Waals surface area contributed by atoms with Gasteiger partial charge in [0, 0.05) is 20.0 Å². The van der Waals surface area contributed by atoms with E-state index in [1.807, 2.05) is 45.2 Å². The van der Waals surface area contributed by atoms with Crippen molar-refractivity contribution in [2.24, 2.45) is 0 Å². The van der Waals surface area contributed by atoms with Gasteiger partial charge in [-0.25, -0.2) is 4.79 Å². The van der Waals surface area contributed by atoms with Gasteiger partial charge in [0.25, 0.3) is 0 Å². The number of carbonyl (C=O) groups is 2. The van der Waals surface area contributed by atoms with E-state index in [1.165, 1.54) is 7.11 Å². The van der Waals surface area contributed by atoms with Crippen LogP contribution >= 0.6 is 0 Å². The lowest BCUT2D eigenvalue weighted by Gasteiger charge is -2.36. The highest BCUT2D eigenvalue weighted by Crippen LogP contribution is 2.26. The molecule has 138 valence electrons. The largest absolute Gasteiger partial charge is 0.467 e. The maximum atomic E-state index is 13.0. The molecular formula is C19H23N3O4. The molecule has 0 bridgehead atoms. The Morgan fingerprint density at radius 3 is 2.62 bits per heavy atom. The molecule has 0 spiro atoms. The third-order valence-corrected chi connectivity index (χ3v) is 4.79. The molecule has 0 unspecified atom stereocenters. The Balaban J connectivity index is 1.83. The lowest BCUT2D eigenvalue weighted by atomic mass is 9.94. The molecule has 0 N–H and O–H groups in total. The van der Waals surface area contributed by atoms with Crippen LogP contribution in [0.15, 0.2) is 28.8 Å². The fourth-order valence-electron chi connectivity index (χ4n) is 3.53. The first-order chi connectivity index (χ1) is 12.4. The summed E-state index contributed by atoms with van der Waals surface area (Å²) >= 11 is 0. The van der Waals surface area contributed by atoms with E-state index in [1.54, 1.807) is 9.80 Å². The molecule has 1 aliphatic heterocycles. The standard InChI is InChI=1S/C19H23N3O4/c1-12-18(13(2)26-20-12)21(3)11-17(23)22-10-15-8-6-5-7-14(15)9-16(22)19(24)25-4/h5-8,16H,9-11H2,1-4H3/t16-/m1/s1. The molecule has 1 aromatic heterocycles. The third kappa shape index (κ3) is 3.29. The Labute approximate surface area is 152 Å². The van der Waals surface area contributed by atoms with E-state index in [4.69, 9.17) is 9.26 Å². The first-order valence-corrected chi connectivity index (χ1v) is 8.50. The Morgan fingerprint density at radius 1 is 1.31 bits per heavy atom. The normalized spacial score (nSPS) is 16.2. The highest BCUT2D eigenvalue weighted by atomic mass is 16.5. The number of likely N-dealkylation sites (N-methyl/N-ethyl adjacent to an activating group) is 1. The van der Waals surface area contributed by atoms with E-state index < -0.39 is 12.0 Å². The van der Waals surface area contributed by atoms with Crippen LogP contribution in [0.5, 0.6) is 0 Å². The molecule has 1 atom stereocenters. The molecule has 0 radical (unpaired) electrons. The van der Waals surface area contributed by atoms with Gasteiger partial charge in [-0.15, -0.1) is 0 Å². The van der Waals surface area contributed by atoms with Crippen LogP contribution in [-0.2, 0) is 27.3 Å². The highest BCUT2D eigenvalue weighted by molar-refractivity contribution is 5.88. The van der Waals surface area contributed by atoms with Crippen molar-refractivity contribution in [1.82, 2.24) is 10.1 Å². The lowest BCUT2D eigenvalue weighted by Crippen LogP contribution is -2.51. The molecule has 2 aromatic rings. The van der Waals surface area contributed by atoms with E-state index in [0.29, 0.717) is 18.7 Å². The van der Waals surface area contributed by atoms with Crippen LogP contribution in [0.4, 0.5) is 5.69 Å². The van der Waals surface area contributed by atoms with Crippen LogP contribution in [0.1, 0.15) is 22.6 Å². The van der Waals surface area contributed by atoms with Crippen molar-refractivity contribution in [2.75, 3.05) is 25.6 Å². The number of esters is 1. The van der Waals surface area contributed by atoms with Crippen molar-refractivity contribution in [3.8, 4) is 0 Å². The minimum atomic E-state index is -0.611. The van der Waals surface area contributed by atoms with Crippen LogP contribution in [0.2, 0.25) is 0 Å². The van der Waals surface area contributed by atoms with Crippen LogP contribution in [0.25, 0.3) is 0 Å². The molecular weight excluding hydrogens is 334 g/mol. The van der Waals surface area contributed by atoms with Gasteiger partial charge in [-0.1, -0.05) is 29.4 Å². The molecule has 0 saturated carbocycles. The topological polar surface area (TPSA) is 75.9 Å². The Morgan fingerprint density at radius 2 is 2.00 bits per heavy atom. The second-order valence-corrected chi connectivity index (χ2v) is 6.56. The second-order valence-electron chi connectivity index (χ2n) is 6.56. The number of hydrogen-bond acceptors (Lipinski definition) is 6. The second kappa shape index (κ2) is 7.19. The highest BCUT2D eigenvalue weighted by Gasteiger charge is 2.35. The van der Waals surface area contributed by atoms with Crippen LogP contribution in [0, 0.1) is 13.8 Å². The SMILES string of the molecule is COC(=O)[C@H]1Cc2ccccc2CN1C(=O)CN(C)c1c(C)noc1C. The zero-order valence-corrected chi connectivity index (χ0v) is 15.5. The average Bonchev–Trinajstić information content (AvgIpc) is 2.98. The fraction of sp³-hybridized carbons (Fsp3) is 0.421. The zero-order valence-electron chi connectivity index (χ0n) is 15.5. The van der Waals surface area contributed by atoms with Gasteiger partial charge in [-0.3, -0.25) is 4.79 Å². The van der Waals surface area contributed by atoms with Crippen molar-refractivity contribution in [2.45, 2.75) is 32.9 Å². The maximum absolute atomic E-state index is 13.0. The maximum Gasteiger partial charge on any atom is 0.328 e. The average molecular weight is 357 g/mol. The van der Waals surface area contributed by atoms with Gasteiger partial charge in [0.2, 0.25) is 5.91 Å². The number of ether oxygens (including phenoxy) is 1. The van der Waals surface area contributed by atoms with Crippen molar-refractivity contribution in [1.29, 1.82) is 0 Å². The quantitative estimate of drug-likeness (QED) is 0.778. The summed E-state index contributed by atoms with van der Waals surface area (Å²) in [6.07, 6.45) is 0.462. The smallest absolute Gasteiger partial charge is 0.328 e. The monoisotopic (exact) mass is 357 g/mol. The number of hydrogen-bond donors (Lipinski definition) is 0. The van der Waals surface area contributed by atoms with Gasteiger partial charge < -0.3 is 19.1 Å². The predicted molar refractivity (Wildman–Crippen MR) is 95.7 cm³/mol. The number of fused-ring (bicyclic) bond motifs is 1. The van der Waals surface area contributed by atoms with Gasteiger partial charge >= 0.3 is 5.97 Å². The van der Waals surface area contributed by atoms with Gasteiger partial charge in [0.1, 0.15) is 17.4 Å². The van der Waals surface area contributed by atoms with E-state index in [0.717, 1.165) is 22.5 Å². The molecule has 2 heterocycles. The molecule has 7 heteroatoms. The summed E-state index contributed by atoms with van der Waals surface area (Å²) < 4.78 is 10.1. The van der Waals surface area contributed by atoms with Gasteiger partial charge in [-0.2, -0.15) is 0 Å². The van der Waals surface area contributed by atoms with Crippen LogP contribution in [-0.4, -0.2) is 48.7 Å². The van der Waals surface area contributed by atoms with Crippen LogP contribution < -0.4 is 4.90 Å². The van der Waals surface area contributed by atoms with E-state index in [2.05, 4.69) is 5.16 Å². The summed E-state index contributed by atoms with van der Waals surface area (Å²) in [7, 11) is 3.16. The number of rotatable bonds is 4. The number of amides is 1. The van der Waals surface area contributed by atoms with Gasteiger partial charge in [0.05, 0.1) is 13.7 Å². The number of aryl methyl sites for hydroxylation is 2. The van der Waals surface area contributed by atoms with Crippen molar-refractivity contribution in [3.05, 3.63) is 46.8 Å². The van der Waals surface area contributed by atoms with Crippen molar-refractivity contribution < 1.29 is 18.8 Å². The molecule has 0 saturated heterocycles. The number of carbonyl (C=O) groups excluding carboxylic acids is 2. The first kappa shape index (κ1) is 18.0. The van der Waals surface area contributed by atoms with Crippen LogP contribution in [0.3, 0.4) is 0 Å². The summed E-state index contributed by atoms with van der Waals surface area (Å²) in [5, 5.41) is 3.93. The summed E-state index contributed by atoms with van der Waals surface area (Å²) in [6, 6.07) is 7.25. The summed E-state index contributed by atoms with van der Waals surface area (Å²) in [5.74, 6) is 0.122. The number of anilines is 1. The van der Waals surface area contributed by atoms with Crippen molar-refractivity contribution in [3.63, 3.8) is 0 Å². The number of nitrogens with zero attached hydrogens (tertiary/aromatic N) is 3. The first-order valence-electron chi connectivity index (χ1n) is 8.50. The zero-order chi connectivity index (χ0) is 18.8. The van der Waals surface area contributed by atoms with E-state index >= 15 is 0 Å². The van der Waals surface area contributed by atoms with Gasteiger partial charge in [0.15, 0.2) is 5.76 Å². The predicted octanol–water partition coefficient (Wildman–Crippen LogP) is 1.85. The molecule has 0 fully saturated rings. The third-order valence-electron chi connectivity index (χ3n) is 4.79. The molecule has 26 heavy (non-hydrogen) atoms. The molecule has 3 rings (SSSR count). The Bertz CT molecular complexity index is 810. The summed E-state index contributed by atoms with van der Waals surface area (Å²) in [5.41, 5.74) is 3.66. The molecule has 1 aliphatic rings. The van der Waals surface area contributed by atoms with Gasteiger partial charge in [-0.05, 0) is 25.0 Å². The Hall–Kier alpha value is -2.83. The Kier molecular flexibility index (Phi) is 4.97. The number of methoxy groups -OCH3 is 1. The minimum Gasteiger partial charge on any atom is -0.467 e.